The van der Waals surface area contributed by atoms with Crippen molar-refractivity contribution in [3.05, 3.63) is 42.5 Å². The Hall–Kier alpha value is -1.90. The van der Waals surface area contributed by atoms with Crippen molar-refractivity contribution >= 4 is 24.7 Å². The van der Waals surface area contributed by atoms with Crippen LogP contribution in [0.4, 0.5) is 11.4 Å². The minimum Gasteiger partial charge on any atom is -0.453 e. The van der Waals surface area contributed by atoms with Crippen LogP contribution in [0.15, 0.2) is 42.5 Å². The molecular formula is C13H10BNO. The minimum atomic E-state index is 0.714. The van der Waals surface area contributed by atoms with Gasteiger partial charge in [-0.1, -0.05) is 23.7 Å². The summed E-state index contributed by atoms with van der Waals surface area (Å²) in [6.07, 6.45) is 0. The van der Waals surface area contributed by atoms with Crippen LogP contribution in [0.25, 0.3) is 0 Å². The van der Waals surface area contributed by atoms with Gasteiger partial charge in [-0.3, -0.25) is 0 Å². The zero-order valence-corrected chi connectivity index (χ0v) is 8.97. The molecule has 0 unspecified atom stereocenters. The van der Waals surface area contributed by atoms with Crippen molar-refractivity contribution in [1.29, 1.82) is 0 Å². The van der Waals surface area contributed by atoms with Crippen molar-refractivity contribution in [2.75, 3.05) is 11.9 Å². The first-order chi connectivity index (χ1) is 7.75. The Morgan fingerprint density at radius 2 is 1.75 bits per heavy atom. The van der Waals surface area contributed by atoms with E-state index in [9.17, 15) is 0 Å². The van der Waals surface area contributed by atoms with Gasteiger partial charge in [0.25, 0.3) is 0 Å². The van der Waals surface area contributed by atoms with Gasteiger partial charge < -0.3 is 9.64 Å². The van der Waals surface area contributed by atoms with Gasteiger partial charge in [-0.2, -0.15) is 0 Å². The van der Waals surface area contributed by atoms with Crippen molar-refractivity contribution in [3.8, 4) is 11.5 Å². The van der Waals surface area contributed by atoms with E-state index in [-0.39, 0.29) is 0 Å². The second-order valence-corrected chi connectivity index (χ2v) is 3.86. The van der Waals surface area contributed by atoms with E-state index in [1.54, 1.807) is 0 Å². The van der Waals surface area contributed by atoms with Crippen LogP contribution < -0.4 is 15.1 Å². The number of rotatable bonds is 0. The van der Waals surface area contributed by atoms with E-state index in [1.165, 1.54) is 0 Å². The number of anilines is 2. The molecule has 1 aliphatic heterocycles. The third-order valence-electron chi connectivity index (χ3n) is 2.79. The lowest BCUT2D eigenvalue weighted by Crippen LogP contribution is -2.17. The van der Waals surface area contributed by atoms with Gasteiger partial charge in [0.05, 0.1) is 11.4 Å². The zero-order chi connectivity index (χ0) is 11.1. The summed E-state index contributed by atoms with van der Waals surface area (Å²) in [6.45, 7) is 0. The fraction of sp³-hybridized carbons (Fsp3) is 0.0769. The molecule has 0 aromatic heterocycles. The molecule has 76 valence electrons. The van der Waals surface area contributed by atoms with Crippen molar-refractivity contribution in [3.63, 3.8) is 0 Å². The third-order valence-corrected chi connectivity index (χ3v) is 2.79. The number of hydrogen-bond donors (Lipinski definition) is 0. The van der Waals surface area contributed by atoms with Gasteiger partial charge in [-0.15, -0.1) is 0 Å². The van der Waals surface area contributed by atoms with E-state index in [1.807, 2.05) is 49.5 Å². The van der Waals surface area contributed by atoms with Crippen LogP contribution in [-0.2, 0) is 0 Å². The smallest absolute Gasteiger partial charge is 0.151 e. The van der Waals surface area contributed by atoms with Crippen LogP contribution in [0.1, 0.15) is 0 Å². The average molecular weight is 207 g/mol. The second-order valence-electron chi connectivity index (χ2n) is 3.86. The topological polar surface area (TPSA) is 12.5 Å². The Bertz CT molecular complexity index is 553. The molecule has 2 aromatic rings. The van der Waals surface area contributed by atoms with Gasteiger partial charge in [-0.05, 0) is 24.3 Å². The molecule has 0 aliphatic carbocycles. The Morgan fingerprint density at radius 1 is 1.00 bits per heavy atom. The number of fused-ring (bicyclic) bond motifs is 2. The predicted octanol–water partition coefficient (Wildman–Crippen LogP) is 2.35. The molecule has 2 aromatic carbocycles. The van der Waals surface area contributed by atoms with E-state index in [4.69, 9.17) is 12.6 Å². The van der Waals surface area contributed by atoms with Crippen LogP contribution in [0, 0.1) is 0 Å². The lowest BCUT2D eigenvalue weighted by atomic mass is 9.95. The molecule has 0 spiro atoms. The number of para-hydroxylation sites is 2. The van der Waals surface area contributed by atoms with Crippen molar-refractivity contribution in [2.45, 2.75) is 0 Å². The maximum absolute atomic E-state index is 5.81. The normalized spacial score (nSPS) is 12.7. The van der Waals surface area contributed by atoms with Crippen LogP contribution in [-0.4, -0.2) is 14.9 Å². The fourth-order valence-electron chi connectivity index (χ4n) is 1.96. The highest BCUT2D eigenvalue weighted by molar-refractivity contribution is 6.32. The summed E-state index contributed by atoms with van der Waals surface area (Å²) in [5.74, 6) is 1.67. The van der Waals surface area contributed by atoms with E-state index in [0.717, 1.165) is 22.9 Å². The second kappa shape index (κ2) is 3.30. The number of nitrogens with zero attached hydrogens (tertiary/aromatic N) is 1. The van der Waals surface area contributed by atoms with E-state index >= 15 is 0 Å². The largest absolute Gasteiger partial charge is 0.453 e. The molecule has 3 heteroatoms. The van der Waals surface area contributed by atoms with Gasteiger partial charge in [0, 0.05) is 7.05 Å². The van der Waals surface area contributed by atoms with Crippen LogP contribution in [0.3, 0.4) is 0 Å². The summed E-state index contributed by atoms with van der Waals surface area (Å²) in [4.78, 5) is 2.10. The monoisotopic (exact) mass is 207 g/mol. The summed E-state index contributed by atoms with van der Waals surface area (Å²) in [7, 11) is 7.77. The molecule has 1 heterocycles. The van der Waals surface area contributed by atoms with Gasteiger partial charge in [0.2, 0.25) is 0 Å². The molecule has 0 atom stereocenters. The summed E-state index contributed by atoms with van der Waals surface area (Å²) in [5, 5.41) is 0. The number of ether oxygens (including phenoxy) is 1. The molecule has 0 fully saturated rings. The fourth-order valence-corrected chi connectivity index (χ4v) is 1.96. The molecule has 2 nitrogen and oxygen atoms in total. The first-order valence-corrected chi connectivity index (χ1v) is 5.16. The van der Waals surface area contributed by atoms with E-state index < -0.39 is 0 Å². The third kappa shape index (κ3) is 1.28. The summed E-state index contributed by atoms with van der Waals surface area (Å²) in [5.41, 5.74) is 2.82. The molecule has 0 bridgehead atoms. The quantitative estimate of drug-likeness (QED) is 0.614. The van der Waals surface area contributed by atoms with Gasteiger partial charge >= 0.3 is 0 Å². The molecule has 1 aliphatic rings. The highest BCUT2D eigenvalue weighted by atomic mass is 16.5. The summed E-state index contributed by atoms with van der Waals surface area (Å²) >= 11 is 0. The highest BCUT2D eigenvalue weighted by Crippen LogP contribution is 2.44. The molecule has 0 saturated heterocycles. The Morgan fingerprint density at radius 3 is 2.62 bits per heavy atom. The highest BCUT2D eigenvalue weighted by Gasteiger charge is 2.20. The SMILES string of the molecule is [B]c1ccc2c(c1)Oc1ccccc1N2C. The molecule has 3 rings (SSSR count). The molecule has 0 amide bonds. The molecule has 2 radical (unpaired) electrons. The summed E-state index contributed by atoms with van der Waals surface area (Å²) < 4.78 is 5.81. The Labute approximate surface area is 95.9 Å². The van der Waals surface area contributed by atoms with Crippen LogP contribution in [0.5, 0.6) is 11.5 Å². The average Bonchev–Trinajstić information content (AvgIpc) is 2.29. The Balaban J connectivity index is 2.18. The molecular weight excluding hydrogens is 197 g/mol. The maximum atomic E-state index is 5.81. The van der Waals surface area contributed by atoms with Crippen LogP contribution >= 0.6 is 0 Å². The maximum Gasteiger partial charge on any atom is 0.151 e. The van der Waals surface area contributed by atoms with E-state index in [0.29, 0.717) is 5.46 Å². The predicted molar refractivity (Wildman–Crippen MR) is 66.4 cm³/mol. The van der Waals surface area contributed by atoms with Gasteiger partial charge in [0.15, 0.2) is 11.5 Å². The number of benzene rings is 2. The van der Waals surface area contributed by atoms with Crippen molar-refractivity contribution in [1.82, 2.24) is 0 Å². The minimum absolute atomic E-state index is 0.714. The van der Waals surface area contributed by atoms with Crippen molar-refractivity contribution in [2.24, 2.45) is 0 Å². The zero-order valence-electron chi connectivity index (χ0n) is 8.97. The van der Waals surface area contributed by atoms with E-state index in [2.05, 4.69) is 4.90 Å². The Kier molecular flexibility index (Phi) is 1.93. The first kappa shape index (κ1) is 9.34. The molecule has 0 N–H and O–H groups in total. The van der Waals surface area contributed by atoms with Crippen molar-refractivity contribution < 1.29 is 4.74 Å². The van der Waals surface area contributed by atoms with Gasteiger partial charge in [-0.25, -0.2) is 0 Å². The van der Waals surface area contributed by atoms with Gasteiger partial charge in [0.1, 0.15) is 7.85 Å². The van der Waals surface area contributed by atoms with Crippen LogP contribution in [0.2, 0.25) is 0 Å². The number of hydrogen-bond acceptors (Lipinski definition) is 2. The standard InChI is InChI=1S/C13H10BNO/c1-15-10-4-2-3-5-12(10)16-13-8-9(14)6-7-11(13)15/h2-8H,1H3. The first-order valence-electron chi connectivity index (χ1n) is 5.16. The lowest BCUT2D eigenvalue weighted by molar-refractivity contribution is 0.476. The molecule has 16 heavy (non-hydrogen) atoms. The lowest BCUT2D eigenvalue weighted by Gasteiger charge is -2.29. The molecule has 0 saturated carbocycles. The summed E-state index contributed by atoms with van der Waals surface area (Å²) in [6, 6.07) is 13.7.